The largest absolute Gasteiger partial charge is 0.416 e. The van der Waals surface area contributed by atoms with Crippen molar-refractivity contribution in [2.24, 2.45) is 4.99 Å². The van der Waals surface area contributed by atoms with E-state index in [2.05, 4.69) is 4.99 Å². The minimum atomic E-state index is -4.46. The number of benzene rings is 1. The van der Waals surface area contributed by atoms with Crippen molar-refractivity contribution in [2.75, 3.05) is 5.73 Å². The maximum atomic E-state index is 12.7. The molecule has 110 valence electrons. The monoisotopic (exact) mass is 313 g/mol. The number of alkyl halides is 3. The van der Waals surface area contributed by atoms with E-state index < -0.39 is 11.7 Å². The molecule has 0 amide bonds. The number of anilines is 1. The number of hydrogen-bond acceptors (Lipinski definition) is 3. The van der Waals surface area contributed by atoms with Crippen LogP contribution < -0.4 is 5.73 Å². The number of hydrogen-bond donors (Lipinski definition) is 1. The van der Waals surface area contributed by atoms with E-state index >= 15 is 0 Å². The molecular weight excluding hydrogens is 303 g/mol. The van der Waals surface area contributed by atoms with Crippen molar-refractivity contribution in [3.8, 4) is 6.07 Å². The fourth-order valence-electron chi connectivity index (χ4n) is 1.50. The van der Waals surface area contributed by atoms with Crippen LogP contribution >= 0.6 is 11.6 Å². The van der Waals surface area contributed by atoms with Crippen molar-refractivity contribution in [1.29, 1.82) is 5.26 Å². The molecule has 0 atom stereocenters. The predicted molar refractivity (Wildman–Crippen MR) is 77.5 cm³/mol. The van der Waals surface area contributed by atoms with Crippen LogP contribution in [0.15, 0.2) is 40.5 Å². The maximum absolute atomic E-state index is 12.7. The number of allylic oxidation sites excluding steroid dienone is 3. The van der Waals surface area contributed by atoms with Gasteiger partial charge < -0.3 is 5.73 Å². The SMILES string of the molecule is C\C=C(/C=N\C(Cl)=C\C#N)c1cc(C(F)(F)F)ccc1N. The first-order valence-electron chi connectivity index (χ1n) is 5.72. The summed E-state index contributed by atoms with van der Waals surface area (Å²) in [5.74, 6) is 0. The number of nitrogen functional groups attached to an aromatic ring is 1. The minimum absolute atomic E-state index is 0.0811. The van der Waals surface area contributed by atoms with Gasteiger partial charge in [0.15, 0.2) is 0 Å². The average Bonchev–Trinajstić information content (AvgIpc) is 2.40. The second-order valence-corrected chi connectivity index (χ2v) is 4.29. The van der Waals surface area contributed by atoms with Gasteiger partial charge in [0.25, 0.3) is 0 Å². The van der Waals surface area contributed by atoms with Crippen LogP contribution in [0.1, 0.15) is 18.1 Å². The number of nitriles is 1. The van der Waals surface area contributed by atoms with Gasteiger partial charge >= 0.3 is 6.18 Å². The molecule has 7 heteroatoms. The second-order valence-electron chi connectivity index (χ2n) is 3.90. The van der Waals surface area contributed by atoms with Gasteiger partial charge in [-0.1, -0.05) is 17.7 Å². The zero-order chi connectivity index (χ0) is 16.0. The third-order valence-corrected chi connectivity index (χ3v) is 2.72. The Labute approximate surface area is 124 Å². The summed E-state index contributed by atoms with van der Waals surface area (Å²) in [5.41, 5.74) is 5.64. The van der Waals surface area contributed by atoms with E-state index in [1.54, 1.807) is 19.1 Å². The summed E-state index contributed by atoms with van der Waals surface area (Å²) in [6, 6.07) is 4.72. The van der Waals surface area contributed by atoms with Crippen LogP contribution in [0, 0.1) is 11.3 Å². The Kier molecular flexibility index (Phi) is 5.56. The molecule has 0 fully saturated rings. The lowest BCUT2D eigenvalue weighted by Gasteiger charge is -2.11. The molecule has 1 aromatic carbocycles. The van der Waals surface area contributed by atoms with Crippen LogP contribution in [0.25, 0.3) is 5.57 Å². The standard InChI is InChI=1S/C14H11ClF3N3/c1-2-9(8-21-13(15)5-6-19)11-7-10(14(16,17)18)3-4-12(11)20/h2-5,7-8H,20H2,1H3/b9-2+,13-5+,21-8-. The molecule has 0 aliphatic heterocycles. The van der Waals surface area contributed by atoms with Crippen molar-refractivity contribution in [3.63, 3.8) is 0 Å². The van der Waals surface area contributed by atoms with E-state index in [4.69, 9.17) is 22.6 Å². The number of nitrogens with zero attached hydrogens (tertiary/aromatic N) is 2. The summed E-state index contributed by atoms with van der Waals surface area (Å²) in [6.45, 7) is 1.63. The quantitative estimate of drug-likeness (QED) is 0.390. The van der Waals surface area contributed by atoms with Crippen LogP contribution in [0.5, 0.6) is 0 Å². The van der Waals surface area contributed by atoms with Gasteiger partial charge in [0.2, 0.25) is 0 Å². The average molecular weight is 314 g/mol. The van der Waals surface area contributed by atoms with Gasteiger partial charge in [-0.3, -0.25) is 0 Å². The molecule has 0 aliphatic carbocycles. The van der Waals surface area contributed by atoms with Crippen molar-refractivity contribution >= 4 is 29.1 Å². The molecule has 0 aliphatic rings. The molecule has 0 unspecified atom stereocenters. The van der Waals surface area contributed by atoms with Crippen molar-refractivity contribution < 1.29 is 13.2 Å². The Balaban J connectivity index is 3.25. The summed E-state index contributed by atoms with van der Waals surface area (Å²) < 4.78 is 38.2. The van der Waals surface area contributed by atoms with Crippen LogP contribution in [0.2, 0.25) is 0 Å². The highest BCUT2D eigenvalue weighted by Gasteiger charge is 2.31. The van der Waals surface area contributed by atoms with Crippen LogP contribution in [-0.4, -0.2) is 6.21 Å². The lowest BCUT2D eigenvalue weighted by molar-refractivity contribution is -0.137. The summed E-state index contributed by atoms with van der Waals surface area (Å²) in [6.07, 6.45) is -0.661. The molecule has 21 heavy (non-hydrogen) atoms. The van der Waals surface area contributed by atoms with Gasteiger partial charge in [-0.25, -0.2) is 4.99 Å². The lowest BCUT2D eigenvalue weighted by atomic mass is 10.0. The zero-order valence-electron chi connectivity index (χ0n) is 10.9. The summed E-state index contributed by atoms with van der Waals surface area (Å²) >= 11 is 5.62. The maximum Gasteiger partial charge on any atom is 0.416 e. The molecule has 2 N–H and O–H groups in total. The van der Waals surface area contributed by atoms with E-state index in [1.807, 2.05) is 0 Å². The number of rotatable bonds is 3. The molecule has 0 heterocycles. The number of aliphatic imine (C=N–C) groups is 1. The Morgan fingerprint density at radius 3 is 2.62 bits per heavy atom. The van der Waals surface area contributed by atoms with Gasteiger partial charge in [-0.15, -0.1) is 0 Å². The third-order valence-electron chi connectivity index (χ3n) is 2.51. The Morgan fingerprint density at radius 1 is 1.43 bits per heavy atom. The molecular formula is C14H11ClF3N3. The topological polar surface area (TPSA) is 62.2 Å². The minimum Gasteiger partial charge on any atom is -0.398 e. The number of halogens is 4. The Hall–Kier alpha value is -2.26. The molecule has 0 bridgehead atoms. The van der Waals surface area contributed by atoms with Gasteiger partial charge in [0.1, 0.15) is 5.16 Å². The highest BCUT2D eigenvalue weighted by molar-refractivity contribution is 6.30. The highest BCUT2D eigenvalue weighted by atomic mass is 35.5. The van der Waals surface area contributed by atoms with Gasteiger partial charge in [-0.05, 0) is 30.7 Å². The van der Waals surface area contributed by atoms with Crippen LogP contribution in [-0.2, 0) is 6.18 Å². The van der Waals surface area contributed by atoms with Gasteiger partial charge in [-0.2, -0.15) is 18.4 Å². The lowest BCUT2D eigenvalue weighted by Crippen LogP contribution is -2.07. The smallest absolute Gasteiger partial charge is 0.398 e. The first kappa shape index (κ1) is 16.8. The first-order valence-corrected chi connectivity index (χ1v) is 6.10. The molecule has 0 radical (unpaired) electrons. The highest BCUT2D eigenvalue weighted by Crippen LogP contribution is 2.33. The summed E-state index contributed by atoms with van der Waals surface area (Å²) in [4.78, 5) is 3.77. The van der Waals surface area contributed by atoms with Crippen molar-refractivity contribution in [1.82, 2.24) is 0 Å². The summed E-state index contributed by atoms with van der Waals surface area (Å²) in [7, 11) is 0. The number of nitrogens with two attached hydrogens (primary N) is 1. The van der Waals surface area contributed by atoms with Crippen molar-refractivity contribution in [3.05, 3.63) is 46.6 Å². The Bertz CT molecular complexity index is 652. The third kappa shape index (κ3) is 4.65. The zero-order valence-corrected chi connectivity index (χ0v) is 11.7. The summed E-state index contributed by atoms with van der Waals surface area (Å²) in [5, 5.41) is 8.32. The fourth-order valence-corrected chi connectivity index (χ4v) is 1.60. The van der Waals surface area contributed by atoms with Gasteiger partial charge in [0, 0.05) is 17.5 Å². The molecule has 1 aromatic rings. The van der Waals surface area contributed by atoms with E-state index in [-0.39, 0.29) is 16.4 Å². The van der Waals surface area contributed by atoms with Crippen LogP contribution in [0.4, 0.5) is 18.9 Å². The van der Waals surface area contributed by atoms with E-state index in [1.165, 1.54) is 12.3 Å². The molecule has 0 saturated carbocycles. The molecule has 0 aromatic heterocycles. The van der Waals surface area contributed by atoms with E-state index in [0.29, 0.717) is 5.57 Å². The molecule has 3 nitrogen and oxygen atoms in total. The molecule has 1 rings (SSSR count). The van der Waals surface area contributed by atoms with E-state index in [0.717, 1.165) is 18.2 Å². The van der Waals surface area contributed by atoms with E-state index in [9.17, 15) is 13.2 Å². The Morgan fingerprint density at radius 2 is 2.10 bits per heavy atom. The molecule has 0 spiro atoms. The van der Waals surface area contributed by atoms with Crippen LogP contribution in [0.3, 0.4) is 0 Å². The molecule has 0 saturated heterocycles. The van der Waals surface area contributed by atoms with Crippen molar-refractivity contribution in [2.45, 2.75) is 13.1 Å². The second kappa shape index (κ2) is 6.95. The fraction of sp³-hybridized carbons (Fsp3) is 0.143. The van der Waals surface area contributed by atoms with Gasteiger partial charge in [0.05, 0.1) is 17.7 Å². The normalized spacial score (nSPS) is 13.5. The predicted octanol–water partition coefficient (Wildman–Crippen LogP) is 4.37. The first-order chi connectivity index (χ1) is 9.79.